The molecule has 0 unspecified atom stereocenters. The number of carbonyl (C=O) groups is 2. The van der Waals surface area contributed by atoms with E-state index in [4.69, 9.17) is 4.74 Å². The minimum atomic E-state index is -0.472. The van der Waals surface area contributed by atoms with Gasteiger partial charge in [-0.2, -0.15) is 0 Å². The summed E-state index contributed by atoms with van der Waals surface area (Å²) in [6, 6.07) is 0. The third-order valence-electron chi connectivity index (χ3n) is 8.94. The fraction of sp³-hybridized carbons (Fsp3) is 0.810. The van der Waals surface area contributed by atoms with Crippen molar-refractivity contribution in [2.75, 3.05) is 6.54 Å². The fourth-order valence-corrected chi connectivity index (χ4v) is 7.63. The molecule has 1 amide bonds. The molecule has 25 heavy (non-hydrogen) atoms. The monoisotopic (exact) mass is 343 g/mol. The summed E-state index contributed by atoms with van der Waals surface area (Å²) in [6.45, 7) is 7.23. The van der Waals surface area contributed by atoms with Crippen LogP contribution in [0, 0.1) is 28.6 Å². The molecule has 0 radical (unpaired) electrons. The molecule has 0 aromatic carbocycles. The van der Waals surface area contributed by atoms with Gasteiger partial charge in [-0.15, -0.1) is 0 Å². The highest BCUT2D eigenvalue weighted by Gasteiger charge is 2.79. The van der Waals surface area contributed by atoms with E-state index in [1.807, 2.05) is 6.08 Å². The predicted molar refractivity (Wildman–Crippen MR) is 93.8 cm³/mol. The Balaban J connectivity index is 1.51. The van der Waals surface area contributed by atoms with Gasteiger partial charge in [0.05, 0.1) is 6.10 Å². The van der Waals surface area contributed by atoms with Crippen LogP contribution in [0.1, 0.15) is 59.3 Å². The second-order valence-electron chi connectivity index (χ2n) is 9.63. The van der Waals surface area contributed by atoms with E-state index in [0.717, 1.165) is 38.6 Å². The second-order valence-corrected chi connectivity index (χ2v) is 9.63. The average Bonchev–Trinajstić information content (AvgIpc) is 3.25. The molecule has 2 heterocycles. The Hall–Kier alpha value is -1.16. The van der Waals surface area contributed by atoms with Gasteiger partial charge in [-0.1, -0.05) is 19.4 Å². The molecule has 4 heteroatoms. The van der Waals surface area contributed by atoms with E-state index in [2.05, 4.69) is 19.2 Å². The van der Waals surface area contributed by atoms with Crippen molar-refractivity contribution in [1.82, 2.24) is 5.32 Å². The lowest BCUT2D eigenvalue weighted by Gasteiger charge is -2.57. The van der Waals surface area contributed by atoms with Crippen LogP contribution in [0.5, 0.6) is 0 Å². The van der Waals surface area contributed by atoms with E-state index in [0.29, 0.717) is 17.8 Å². The molecule has 4 nitrogen and oxygen atoms in total. The van der Waals surface area contributed by atoms with Crippen molar-refractivity contribution in [2.45, 2.75) is 71.0 Å². The number of ketones is 1. The van der Waals surface area contributed by atoms with Gasteiger partial charge in [0.2, 0.25) is 5.91 Å². The van der Waals surface area contributed by atoms with Crippen LogP contribution in [0.2, 0.25) is 0 Å². The van der Waals surface area contributed by atoms with Crippen LogP contribution in [-0.4, -0.2) is 29.9 Å². The van der Waals surface area contributed by atoms with E-state index in [9.17, 15) is 9.59 Å². The summed E-state index contributed by atoms with van der Waals surface area (Å²) in [4.78, 5) is 24.4. The van der Waals surface area contributed by atoms with Gasteiger partial charge in [0.1, 0.15) is 0 Å². The van der Waals surface area contributed by atoms with Crippen LogP contribution in [-0.2, 0) is 14.3 Å². The first-order chi connectivity index (χ1) is 11.8. The van der Waals surface area contributed by atoms with Crippen molar-refractivity contribution in [1.29, 1.82) is 0 Å². The minimum Gasteiger partial charge on any atom is -0.357 e. The summed E-state index contributed by atoms with van der Waals surface area (Å²) in [5.41, 5.74) is 1.05. The highest BCUT2D eigenvalue weighted by atomic mass is 16.6. The number of allylic oxidation sites excluding steroid dienone is 1. The lowest BCUT2D eigenvalue weighted by atomic mass is 9.47. The molecule has 0 aromatic rings. The van der Waals surface area contributed by atoms with Crippen LogP contribution in [0.3, 0.4) is 0 Å². The van der Waals surface area contributed by atoms with Crippen LogP contribution in [0.15, 0.2) is 11.6 Å². The quantitative estimate of drug-likeness (QED) is 0.745. The highest BCUT2D eigenvalue weighted by Crippen LogP contribution is 2.73. The number of rotatable bonds is 1. The topological polar surface area (TPSA) is 58.7 Å². The maximum Gasteiger partial charge on any atom is 0.243 e. The van der Waals surface area contributed by atoms with E-state index in [1.54, 1.807) is 6.92 Å². The number of nitrogens with one attached hydrogen (secondary N) is 1. The molecule has 4 fully saturated rings. The Bertz CT molecular complexity index is 699. The van der Waals surface area contributed by atoms with Crippen LogP contribution >= 0.6 is 0 Å². The summed E-state index contributed by atoms with van der Waals surface area (Å²) in [5, 5.41) is 3.03. The number of epoxide rings is 1. The Morgan fingerprint density at radius 1 is 1.24 bits per heavy atom. The zero-order chi connectivity index (χ0) is 17.6. The van der Waals surface area contributed by atoms with Gasteiger partial charge < -0.3 is 10.1 Å². The summed E-state index contributed by atoms with van der Waals surface area (Å²) < 4.78 is 6.00. The van der Waals surface area contributed by atoms with Gasteiger partial charge in [-0.3, -0.25) is 9.59 Å². The van der Waals surface area contributed by atoms with Gasteiger partial charge in [-0.05, 0) is 68.6 Å². The van der Waals surface area contributed by atoms with E-state index < -0.39 is 5.60 Å². The molecule has 136 valence electrons. The molecule has 7 atom stereocenters. The maximum atomic E-state index is 12.4. The van der Waals surface area contributed by atoms with Crippen LogP contribution < -0.4 is 5.32 Å². The molecular formula is C21H29NO3. The molecule has 0 bridgehead atoms. The molecule has 5 rings (SSSR count). The molecule has 5 aliphatic rings. The van der Waals surface area contributed by atoms with Crippen molar-refractivity contribution >= 4 is 11.7 Å². The summed E-state index contributed by atoms with van der Waals surface area (Å²) in [7, 11) is 0. The number of hydrogen-bond acceptors (Lipinski definition) is 3. The SMILES string of the molecule is CC(=O)[C@@]12O[C@@H]1C[C@H]1[C@@H]3CCC4=CC(=O)NCC[C@]4(C)[C@H]3CC[C@@]12C. The first kappa shape index (κ1) is 16.0. The summed E-state index contributed by atoms with van der Waals surface area (Å²) >= 11 is 0. The molecule has 0 spiro atoms. The zero-order valence-corrected chi connectivity index (χ0v) is 15.6. The Morgan fingerprint density at radius 3 is 2.80 bits per heavy atom. The molecular weight excluding hydrogens is 314 g/mol. The Morgan fingerprint density at radius 2 is 2.04 bits per heavy atom. The average molecular weight is 343 g/mol. The van der Waals surface area contributed by atoms with E-state index in [-0.39, 0.29) is 28.6 Å². The van der Waals surface area contributed by atoms with Crippen LogP contribution in [0.25, 0.3) is 0 Å². The van der Waals surface area contributed by atoms with Gasteiger partial charge >= 0.3 is 0 Å². The standard InChI is InChI=1S/C21H29NO3/c1-12(23)21-17(25-21)11-16-14-5-4-13-10-18(24)22-9-8-19(13,2)15(14)6-7-20(16,21)3/h10,14-17H,4-9,11H2,1-3H3,(H,22,24)/t14-,15+,16+,17-,19+,20+,21-/m1/s1. The van der Waals surface area contributed by atoms with Gasteiger partial charge in [0.25, 0.3) is 0 Å². The molecule has 2 aliphatic heterocycles. The number of carbonyl (C=O) groups excluding carboxylic acids is 2. The molecule has 3 aliphatic carbocycles. The number of amides is 1. The van der Waals surface area contributed by atoms with E-state index in [1.165, 1.54) is 12.0 Å². The number of fused-ring (bicyclic) bond motifs is 7. The first-order valence-corrected chi connectivity index (χ1v) is 10.0. The first-order valence-electron chi connectivity index (χ1n) is 10.0. The summed E-state index contributed by atoms with van der Waals surface area (Å²) in [5.74, 6) is 2.23. The summed E-state index contributed by atoms with van der Waals surface area (Å²) in [6.07, 6.45) is 8.61. The third-order valence-corrected chi connectivity index (χ3v) is 8.94. The Kier molecular flexibility index (Phi) is 3.06. The van der Waals surface area contributed by atoms with Gasteiger partial charge in [0.15, 0.2) is 11.4 Å². The minimum absolute atomic E-state index is 0.0149. The molecule has 1 N–H and O–H groups in total. The smallest absolute Gasteiger partial charge is 0.243 e. The highest BCUT2D eigenvalue weighted by molar-refractivity contribution is 5.90. The normalized spacial score (nSPS) is 53.4. The van der Waals surface area contributed by atoms with Crippen molar-refractivity contribution in [2.24, 2.45) is 28.6 Å². The van der Waals surface area contributed by atoms with Crippen molar-refractivity contribution in [3.8, 4) is 0 Å². The number of Topliss-reactive ketones (excluding diaryl/α,β-unsaturated/α-hetero) is 1. The fourth-order valence-electron chi connectivity index (χ4n) is 7.63. The Labute approximate surface area is 149 Å². The zero-order valence-electron chi connectivity index (χ0n) is 15.6. The maximum absolute atomic E-state index is 12.4. The number of ether oxygens (including phenoxy) is 1. The van der Waals surface area contributed by atoms with Crippen molar-refractivity contribution in [3.63, 3.8) is 0 Å². The third kappa shape index (κ3) is 1.77. The van der Waals surface area contributed by atoms with Crippen LogP contribution in [0.4, 0.5) is 0 Å². The molecule has 1 saturated heterocycles. The van der Waals surface area contributed by atoms with E-state index >= 15 is 0 Å². The lowest BCUT2D eigenvalue weighted by Crippen LogP contribution is -2.54. The number of hydrogen-bond donors (Lipinski definition) is 1. The van der Waals surface area contributed by atoms with Gasteiger partial charge in [-0.25, -0.2) is 0 Å². The van der Waals surface area contributed by atoms with Gasteiger partial charge in [0, 0.05) is 18.0 Å². The van der Waals surface area contributed by atoms with Crippen molar-refractivity contribution in [3.05, 3.63) is 11.6 Å². The van der Waals surface area contributed by atoms with Crippen molar-refractivity contribution < 1.29 is 14.3 Å². The molecule has 3 saturated carbocycles. The second kappa shape index (κ2) is 4.76. The largest absolute Gasteiger partial charge is 0.357 e. The predicted octanol–water partition coefficient (Wildman–Crippen LogP) is 3.01. The lowest BCUT2D eigenvalue weighted by molar-refractivity contribution is -0.135. The molecule has 0 aromatic heterocycles.